The number of methoxy groups -OCH3 is 1. The number of nitro groups is 1. The molecule has 0 atom stereocenters. The van der Waals surface area contributed by atoms with Crippen molar-refractivity contribution in [1.29, 1.82) is 0 Å². The van der Waals surface area contributed by atoms with E-state index in [0.29, 0.717) is 0 Å². The molecule has 0 aliphatic heterocycles. The lowest BCUT2D eigenvalue weighted by Crippen LogP contribution is -2.35. The standard InChI is InChI=1S/C11H10N6O6S/c1-23-11-13-6-12-9(15-11)14-10(18)16-24(21,22)8-5-3-2-4-7(8)17(19)20/h2-6H,1H3,(H2,12,13,14,15,16,18). The number of amides is 2. The highest BCUT2D eigenvalue weighted by Gasteiger charge is 2.27. The molecule has 1 aromatic carbocycles. The Morgan fingerprint density at radius 2 is 2.00 bits per heavy atom. The first-order chi connectivity index (χ1) is 11.3. The highest BCUT2D eigenvalue weighted by atomic mass is 32.2. The molecule has 2 rings (SSSR count). The summed E-state index contributed by atoms with van der Waals surface area (Å²) in [5.74, 6) is -0.267. The monoisotopic (exact) mass is 354 g/mol. The van der Waals surface area contributed by atoms with Gasteiger partial charge in [-0.15, -0.1) is 0 Å². The van der Waals surface area contributed by atoms with E-state index in [-0.39, 0.29) is 12.0 Å². The lowest BCUT2D eigenvalue weighted by molar-refractivity contribution is -0.387. The minimum absolute atomic E-state index is 0.0955. The summed E-state index contributed by atoms with van der Waals surface area (Å²) in [6, 6.07) is 3.29. The van der Waals surface area contributed by atoms with Crippen LogP contribution in [0.3, 0.4) is 0 Å². The number of urea groups is 1. The molecule has 0 saturated carbocycles. The van der Waals surface area contributed by atoms with E-state index >= 15 is 0 Å². The van der Waals surface area contributed by atoms with E-state index in [9.17, 15) is 23.3 Å². The fraction of sp³-hybridized carbons (Fsp3) is 0.0909. The average Bonchev–Trinajstić information content (AvgIpc) is 2.54. The fourth-order valence-electron chi connectivity index (χ4n) is 1.58. The largest absolute Gasteiger partial charge is 0.467 e. The lowest BCUT2D eigenvalue weighted by Gasteiger charge is -2.08. The van der Waals surface area contributed by atoms with Crippen LogP contribution in [-0.2, 0) is 10.0 Å². The first-order valence-corrected chi connectivity index (χ1v) is 7.62. The van der Waals surface area contributed by atoms with Crippen LogP contribution in [0.15, 0.2) is 35.5 Å². The average molecular weight is 354 g/mol. The highest BCUT2D eigenvalue weighted by Crippen LogP contribution is 2.22. The molecule has 0 unspecified atom stereocenters. The van der Waals surface area contributed by atoms with Crippen LogP contribution in [-0.4, -0.2) is 41.4 Å². The van der Waals surface area contributed by atoms with Crippen molar-refractivity contribution in [1.82, 2.24) is 19.7 Å². The molecule has 0 radical (unpaired) electrons. The van der Waals surface area contributed by atoms with Crippen molar-refractivity contribution < 1.29 is 22.9 Å². The fourth-order valence-corrected chi connectivity index (χ4v) is 2.66. The Labute approximate surface area is 135 Å². The number of sulfonamides is 1. The van der Waals surface area contributed by atoms with Gasteiger partial charge >= 0.3 is 12.0 Å². The van der Waals surface area contributed by atoms with E-state index in [2.05, 4.69) is 15.0 Å². The maximum atomic E-state index is 12.1. The predicted octanol–water partition coefficient (Wildman–Crippen LogP) is 0.299. The second kappa shape index (κ2) is 6.82. The number of hydrogen-bond donors (Lipinski definition) is 2. The van der Waals surface area contributed by atoms with Crippen molar-refractivity contribution in [2.45, 2.75) is 4.90 Å². The number of ether oxygens (including phenoxy) is 1. The minimum atomic E-state index is -4.48. The van der Waals surface area contributed by atoms with Gasteiger partial charge in [0.2, 0.25) is 5.95 Å². The Hall–Kier alpha value is -3.35. The number of carbonyl (C=O) groups is 1. The number of nitrogens with one attached hydrogen (secondary N) is 2. The Kier molecular flexibility index (Phi) is 4.84. The first-order valence-electron chi connectivity index (χ1n) is 6.14. The molecule has 13 heteroatoms. The Morgan fingerprint density at radius 1 is 1.29 bits per heavy atom. The molecule has 0 spiro atoms. The van der Waals surface area contributed by atoms with Gasteiger partial charge in [-0.1, -0.05) is 12.1 Å². The zero-order valence-corrected chi connectivity index (χ0v) is 12.8. The topological polar surface area (TPSA) is 166 Å². The Bertz CT molecular complexity index is 886. The van der Waals surface area contributed by atoms with Crippen molar-refractivity contribution in [3.8, 4) is 6.01 Å². The van der Waals surface area contributed by atoms with E-state index in [4.69, 9.17) is 4.74 Å². The molecule has 0 aliphatic carbocycles. The minimum Gasteiger partial charge on any atom is -0.467 e. The van der Waals surface area contributed by atoms with E-state index in [1.165, 1.54) is 19.2 Å². The van der Waals surface area contributed by atoms with E-state index < -0.39 is 31.6 Å². The molecule has 0 fully saturated rings. The lowest BCUT2D eigenvalue weighted by atomic mass is 10.3. The number of anilines is 1. The Balaban J connectivity index is 2.20. The van der Waals surface area contributed by atoms with Crippen LogP contribution < -0.4 is 14.8 Å². The number of carbonyl (C=O) groups excluding carboxylic acids is 1. The molecule has 2 aromatic rings. The van der Waals surface area contributed by atoms with Crippen molar-refractivity contribution in [3.05, 3.63) is 40.7 Å². The normalized spacial score (nSPS) is 10.7. The van der Waals surface area contributed by atoms with Crippen molar-refractivity contribution in [3.63, 3.8) is 0 Å². The van der Waals surface area contributed by atoms with Gasteiger partial charge in [-0.2, -0.15) is 9.97 Å². The van der Waals surface area contributed by atoms with Crippen molar-refractivity contribution >= 4 is 27.7 Å². The molecular formula is C11H10N6O6S. The van der Waals surface area contributed by atoms with Crippen molar-refractivity contribution in [2.75, 3.05) is 12.4 Å². The molecule has 126 valence electrons. The number of nitro benzene ring substituents is 1. The second-order valence-corrected chi connectivity index (χ2v) is 5.73. The Morgan fingerprint density at radius 3 is 2.67 bits per heavy atom. The van der Waals surface area contributed by atoms with Gasteiger partial charge in [-0.3, -0.25) is 15.4 Å². The third-order valence-corrected chi connectivity index (χ3v) is 3.91. The van der Waals surface area contributed by atoms with Gasteiger partial charge in [0.25, 0.3) is 15.7 Å². The van der Waals surface area contributed by atoms with Gasteiger partial charge in [0.1, 0.15) is 6.33 Å². The van der Waals surface area contributed by atoms with Crippen LogP contribution in [0, 0.1) is 10.1 Å². The van der Waals surface area contributed by atoms with Crippen LogP contribution in [0.5, 0.6) is 6.01 Å². The smallest absolute Gasteiger partial charge is 0.335 e. The maximum Gasteiger partial charge on any atom is 0.335 e. The quantitative estimate of drug-likeness (QED) is 0.567. The summed E-state index contributed by atoms with van der Waals surface area (Å²) in [5, 5.41) is 12.9. The zero-order valence-electron chi connectivity index (χ0n) is 12.0. The number of nitrogens with zero attached hydrogens (tertiary/aromatic N) is 4. The summed E-state index contributed by atoms with van der Waals surface area (Å²) in [4.78, 5) is 32.0. The van der Waals surface area contributed by atoms with Gasteiger partial charge in [0.15, 0.2) is 4.90 Å². The summed E-state index contributed by atoms with van der Waals surface area (Å²) >= 11 is 0. The maximum absolute atomic E-state index is 12.1. The SMILES string of the molecule is COc1ncnc(NC(=O)NS(=O)(=O)c2ccccc2[N+](=O)[O-])n1. The molecule has 2 N–H and O–H groups in total. The molecule has 0 aliphatic rings. The molecule has 1 heterocycles. The molecule has 0 bridgehead atoms. The summed E-state index contributed by atoms with van der Waals surface area (Å²) < 4.78 is 30.6. The number of aromatic nitrogens is 3. The van der Waals surface area contributed by atoms with Crippen LogP contribution >= 0.6 is 0 Å². The molecule has 0 saturated heterocycles. The second-order valence-electron chi connectivity index (χ2n) is 4.08. The summed E-state index contributed by atoms with van der Waals surface area (Å²) in [7, 11) is -3.19. The third-order valence-electron chi connectivity index (χ3n) is 2.54. The van der Waals surface area contributed by atoms with Gasteiger partial charge in [-0.05, 0) is 6.07 Å². The third kappa shape index (κ3) is 3.89. The number of para-hydroxylation sites is 1. The first kappa shape index (κ1) is 17.0. The van der Waals surface area contributed by atoms with Crippen LogP contribution in [0.1, 0.15) is 0 Å². The molecule has 2 amide bonds. The van der Waals surface area contributed by atoms with Crippen molar-refractivity contribution in [2.24, 2.45) is 0 Å². The van der Waals surface area contributed by atoms with E-state index in [1.807, 2.05) is 5.32 Å². The summed E-state index contributed by atoms with van der Waals surface area (Å²) in [5.41, 5.74) is -0.667. The molecule has 24 heavy (non-hydrogen) atoms. The number of rotatable bonds is 5. The summed E-state index contributed by atoms with van der Waals surface area (Å²) in [6.45, 7) is 0. The van der Waals surface area contributed by atoms with E-state index in [0.717, 1.165) is 18.5 Å². The molecule has 12 nitrogen and oxygen atoms in total. The van der Waals surface area contributed by atoms with Gasteiger partial charge < -0.3 is 4.74 Å². The van der Waals surface area contributed by atoms with Crippen LogP contribution in [0.2, 0.25) is 0 Å². The number of benzene rings is 1. The number of hydrogen-bond acceptors (Lipinski definition) is 9. The molecule has 1 aromatic heterocycles. The predicted molar refractivity (Wildman–Crippen MR) is 78.8 cm³/mol. The zero-order chi connectivity index (χ0) is 17.7. The highest BCUT2D eigenvalue weighted by molar-refractivity contribution is 7.90. The summed E-state index contributed by atoms with van der Waals surface area (Å²) in [6.07, 6.45) is 1.04. The van der Waals surface area contributed by atoms with Gasteiger partial charge in [0.05, 0.1) is 12.0 Å². The van der Waals surface area contributed by atoms with Gasteiger partial charge in [0, 0.05) is 6.07 Å². The van der Waals surface area contributed by atoms with E-state index in [1.54, 1.807) is 4.72 Å². The van der Waals surface area contributed by atoms with Gasteiger partial charge in [-0.25, -0.2) is 22.9 Å². The molecular weight excluding hydrogens is 344 g/mol. The van der Waals surface area contributed by atoms with Crippen LogP contribution in [0.25, 0.3) is 0 Å². The van der Waals surface area contributed by atoms with Crippen LogP contribution in [0.4, 0.5) is 16.4 Å².